The van der Waals surface area contributed by atoms with Crippen LogP contribution in [0.1, 0.15) is 77.0 Å². The first-order valence-electron chi connectivity index (χ1n) is 11.4. The number of rotatable bonds is 5. The van der Waals surface area contributed by atoms with E-state index >= 15 is 0 Å². The highest BCUT2D eigenvalue weighted by Gasteiger charge is 2.32. The van der Waals surface area contributed by atoms with Gasteiger partial charge in [0, 0.05) is 48.5 Å². The lowest BCUT2D eigenvalue weighted by Gasteiger charge is -2.41. The Morgan fingerprint density at radius 2 is 1.94 bits per heavy atom. The molecule has 0 saturated heterocycles. The third kappa shape index (κ3) is 5.06. The zero-order valence-electron chi connectivity index (χ0n) is 19.5. The maximum Gasteiger partial charge on any atom is 0.228 e. The Hall–Kier alpha value is -2.47. The smallest absolute Gasteiger partial charge is 0.228 e. The number of benzene rings is 1. The van der Waals surface area contributed by atoms with E-state index in [0.29, 0.717) is 12.3 Å². The lowest BCUT2D eigenvalue weighted by atomic mass is 9.82. The summed E-state index contributed by atoms with van der Waals surface area (Å²) in [5.74, 6) is 2.69. The average molecular weight is 422 g/mol. The Kier molecular flexibility index (Phi) is 5.77. The van der Waals surface area contributed by atoms with Gasteiger partial charge in [-0.2, -0.15) is 0 Å². The number of nitrogens with one attached hydrogen (secondary N) is 2. The second kappa shape index (κ2) is 8.23. The van der Waals surface area contributed by atoms with E-state index in [1.807, 2.05) is 12.1 Å². The van der Waals surface area contributed by atoms with Gasteiger partial charge in [0.15, 0.2) is 0 Å². The summed E-state index contributed by atoms with van der Waals surface area (Å²) in [7, 11) is 0. The van der Waals surface area contributed by atoms with Gasteiger partial charge in [-0.1, -0.05) is 30.7 Å². The molecular formula is C25H35N5O. The molecule has 1 aromatic carbocycles. The van der Waals surface area contributed by atoms with E-state index in [1.165, 1.54) is 11.1 Å². The van der Waals surface area contributed by atoms with Crippen LogP contribution < -0.4 is 10.6 Å². The molecule has 6 heteroatoms. The third-order valence-electron chi connectivity index (χ3n) is 6.29. The number of carbonyl (C=O) groups excluding carboxylic acids is 1. The van der Waals surface area contributed by atoms with Gasteiger partial charge in [-0.15, -0.1) is 10.2 Å². The Bertz CT molecular complexity index is 970. The van der Waals surface area contributed by atoms with E-state index in [-0.39, 0.29) is 17.0 Å². The molecule has 31 heavy (non-hydrogen) atoms. The summed E-state index contributed by atoms with van der Waals surface area (Å²) in [6.07, 6.45) is 6.48. The van der Waals surface area contributed by atoms with Crippen LogP contribution in [0.4, 0.5) is 5.69 Å². The predicted molar refractivity (Wildman–Crippen MR) is 124 cm³/mol. The van der Waals surface area contributed by atoms with Gasteiger partial charge in [-0.3, -0.25) is 4.79 Å². The number of amides is 1. The molecule has 0 radical (unpaired) electrons. The van der Waals surface area contributed by atoms with Crippen molar-refractivity contribution in [1.29, 1.82) is 0 Å². The molecule has 3 heterocycles. The van der Waals surface area contributed by atoms with E-state index in [0.717, 1.165) is 49.6 Å². The van der Waals surface area contributed by atoms with Crippen LogP contribution in [0.3, 0.4) is 0 Å². The molecule has 2 N–H and O–H groups in total. The zero-order valence-corrected chi connectivity index (χ0v) is 19.5. The highest BCUT2D eigenvalue weighted by Crippen LogP contribution is 2.31. The fourth-order valence-corrected chi connectivity index (χ4v) is 5.36. The van der Waals surface area contributed by atoms with Crippen molar-refractivity contribution in [3.8, 4) is 0 Å². The summed E-state index contributed by atoms with van der Waals surface area (Å²) in [5, 5.41) is 15.3. The van der Waals surface area contributed by atoms with Gasteiger partial charge < -0.3 is 15.2 Å². The number of hydrogen-bond donors (Lipinski definition) is 2. The van der Waals surface area contributed by atoms with Crippen molar-refractivity contribution in [3.63, 3.8) is 0 Å². The van der Waals surface area contributed by atoms with Gasteiger partial charge in [0.1, 0.15) is 11.6 Å². The highest BCUT2D eigenvalue weighted by molar-refractivity contribution is 5.92. The summed E-state index contributed by atoms with van der Waals surface area (Å²) in [4.78, 5) is 12.7. The fraction of sp³-hybridized carbons (Fsp3) is 0.560. The number of carbonyl (C=O) groups is 1. The highest BCUT2D eigenvalue weighted by atomic mass is 16.1. The molecule has 0 unspecified atom stereocenters. The van der Waals surface area contributed by atoms with Crippen LogP contribution in [0.15, 0.2) is 35.9 Å². The van der Waals surface area contributed by atoms with Crippen molar-refractivity contribution in [2.24, 2.45) is 0 Å². The average Bonchev–Trinajstić information content (AvgIpc) is 3.08. The maximum atomic E-state index is 12.7. The van der Waals surface area contributed by atoms with E-state index in [1.54, 1.807) is 0 Å². The molecule has 6 nitrogen and oxygen atoms in total. The van der Waals surface area contributed by atoms with Crippen molar-refractivity contribution in [3.05, 3.63) is 53.1 Å². The van der Waals surface area contributed by atoms with Crippen LogP contribution in [-0.2, 0) is 24.2 Å². The molecule has 0 bridgehead atoms. The number of fused-ring (bicyclic) bond motifs is 1. The molecule has 1 amide bonds. The van der Waals surface area contributed by atoms with Gasteiger partial charge in [-0.05, 0) is 58.2 Å². The number of hydrogen-bond acceptors (Lipinski definition) is 4. The molecule has 0 fully saturated rings. The Labute approximate surface area is 185 Å². The van der Waals surface area contributed by atoms with Gasteiger partial charge in [0.05, 0.1) is 0 Å². The van der Waals surface area contributed by atoms with E-state index in [4.69, 9.17) is 0 Å². The molecule has 166 valence electrons. The van der Waals surface area contributed by atoms with Crippen LogP contribution >= 0.6 is 0 Å². The number of aromatic nitrogens is 3. The molecule has 2 aliphatic rings. The van der Waals surface area contributed by atoms with E-state index in [2.05, 4.69) is 78.2 Å². The predicted octanol–water partition coefficient (Wildman–Crippen LogP) is 4.38. The lowest BCUT2D eigenvalue weighted by molar-refractivity contribution is -0.115. The van der Waals surface area contributed by atoms with Crippen molar-refractivity contribution in [1.82, 2.24) is 20.1 Å². The Balaban J connectivity index is 1.38. The second-order valence-corrected chi connectivity index (χ2v) is 10.3. The molecular weight excluding hydrogens is 386 g/mol. The van der Waals surface area contributed by atoms with Crippen LogP contribution in [-0.4, -0.2) is 31.7 Å². The number of anilines is 1. The summed E-state index contributed by atoms with van der Waals surface area (Å²) in [5.41, 5.74) is 3.27. The van der Waals surface area contributed by atoms with Crippen LogP contribution in [0.5, 0.6) is 0 Å². The Morgan fingerprint density at radius 1 is 1.19 bits per heavy atom. The van der Waals surface area contributed by atoms with Crippen LogP contribution in [0.25, 0.3) is 0 Å². The minimum Gasteiger partial charge on any atom is -0.326 e. The van der Waals surface area contributed by atoms with E-state index in [9.17, 15) is 4.79 Å². The first-order chi connectivity index (χ1) is 14.6. The zero-order chi connectivity index (χ0) is 22.2. The molecule has 4 rings (SSSR count). The van der Waals surface area contributed by atoms with Gasteiger partial charge >= 0.3 is 0 Å². The molecule has 0 aliphatic carbocycles. The first-order valence-corrected chi connectivity index (χ1v) is 11.4. The molecule has 0 saturated carbocycles. The van der Waals surface area contributed by atoms with E-state index < -0.39 is 0 Å². The monoisotopic (exact) mass is 421 g/mol. The fourth-order valence-electron chi connectivity index (χ4n) is 5.36. The van der Waals surface area contributed by atoms with Crippen molar-refractivity contribution in [2.75, 3.05) is 5.32 Å². The van der Waals surface area contributed by atoms with Gasteiger partial charge in [-0.25, -0.2) is 0 Å². The number of aryl methyl sites for hydroxylation is 2. The topological polar surface area (TPSA) is 71.8 Å². The molecule has 1 atom stereocenters. The summed E-state index contributed by atoms with van der Waals surface area (Å²) in [6, 6.07) is 8.36. The van der Waals surface area contributed by atoms with Crippen LogP contribution in [0.2, 0.25) is 0 Å². The summed E-state index contributed by atoms with van der Waals surface area (Å²) < 4.78 is 2.28. The molecule has 2 aliphatic heterocycles. The Morgan fingerprint density at radius 3 is 2.61 bits per heavy atom. The lowest BCUT2D eigenvalue weighted by Crippen LogP contribution is -2.54. The van der Waals surface area contributed by atoms with Crippen LogP contribution in [0, 0.1) is 0 Å². The SMILES string of the molecule is CCc1nnc2n1C[C@H](c1ccc(NC(=O)CC3=CC(C)(C)NC(C)(C)C3)cc1)CC2. The maximum absolute atomic E-state index is 12.7. The summed E-state index contributed by atoms with van der Waals surface area (Å²) in [6.45, 7) is 11.8. The minimum absolute atomic E-state index is 0.00221. The molecule has 2 aromatic rings. The van der Waals surface area contributed by atoms with Crippen molar-refractivity contribution >= 4 is 11.6 Å². The largest absolute Gasteiger partial charge is 0.326 e. The summed E-state index contributed by atoms with van der Waals surface area (Å²) >= 11 is 0. The normalized spacial score (nSPS) is 21.8. The quantitative estimate of drug-likeness (QED) is 0.703. The van der Waals surface area contributed by atoms with Gasteiger partial charge in [0.25, 0.3) is 0 Å². The van der Waals surface area contributed by atoms with Crippen molar-refractivity contribution < 1.29 is 4.79 Å². The van der Waals surface area contributed by atoms with Gasteiger partial charge in [0.2, 0.25) is 5.91 Å². The first kappa shape index (κ1) is 21.8. The number of nitrogens with zero attached hydrogens (tertiary/aromatic N) is 3. The molecule has 0 spiro atoms. The van der Waals surface area contributed by atoms with Crippen molar-refractivity contribution in [2.45, 2.75) is 90.3 Å². The molecule has 1 aromatic heterocycles. The third-order valence-corrected chi connectivity index (χ3v) is 6.29. The standard InChI is InChI=1S/C25H35N5O/c1-6-21-27-28-22-12-9-19(16-30(21)22)18-7-10-20(11-8-18)26-23(31)13-17-14-24(2,3)29-25(4,5)15-17/h7-8,10-11,14,19,29H,6,9,12-13,15-16H2,1-5H3,(H,26,31)/t19-/m1/s1. The minimum atomic E-state index is -0.0960. The second-order valence-electron chi connectivity index (χ2n) is 10.3.